The average Bonchev–Trinajstić information content (AvgIpc) is 2.63. The summed E-state index contributed by atoms with van der Waals surface area (Å²) in [7, 11) is 2.07. The van der Waals surface area contributed by atoms with E-state index in [1.54, 1.807) is 0 Å². The summed E-state index contributed by atoms with van der Waals surface area (Å²) in [5.41, 5.74) is 0. The van der Waals surface area contributed by atoms with E-state index in [2.05, 4.69) is 46.7 Å². The first-order valence-electron chi connectivity index (χ1n) is 5.66. The Morgan fingerprint density at radius 2 is 2.27 bits per heavy atom. The number of thiophene rings is 1. The molecule has 0 aliphatic heterocycles. The normalized spacial score (nSPS) is 13.0. The highest BCUT2D eigenvalue weighted by Gasteiger charge is 2.05. The second kappa shape index (κ2) is 7.42. The molecule has 0 saturated heterocycles. The Hall–Kier alpha value is 0.140. The lowest BCUT2D eigenvalue weighted by molar-refractivity contribution is 0.470. The molecule has 1 nitrogen and oxygen atoms in total. The molecule has 1 unspecified atom stereocenters. The van der Waals surface area contributed by atoms with Gasteiger partial charge in [0.2, 0.25) is 0 Å². The summed E-state index contributed by atoms with van der Waals surface area (Å²) in [6.07, 6.45) is 6.37. The number of hydrogen-bond donors (Lipinski definition) is 1. The van der Waals surface area contributed by atoms with Crippen molar-refractivity contribution >= 4 is 27.3 Å². The summed E-state index contributed by atoms with van der Waals surface area (Å²) >= 11 is 5.34. The highest BCUT2D eigenvalue weighted by Crippen LogP contribution is 2.21. The highest BCUT2D eigenvalue weighted by atomic mass is 79.9. The second-order valence-electron chi connectivity index (χ2n) is 3.90. The Bertz CT molecular complexity index is 272. The van der Waals surface area contributed by atoms with Crippen LogP contribution in [0.4, 0.5) is 0 Å². The lowest BCUT2D eigenvalue weighted by Gasteiger charge is -2.14. The van der Waals surface area contributed by atoms with Gasteiger partial charge in [-0.1, -0.05) is 13.3 Å². The molecule has 0 radical (unpaired) electrons. The van der Waals surface area contributed by atoms with Crippen molar-refractivity contribution in [2.24, 2.45) is 0 Å². The van der Waals surface area contributed by atoms with Gasteiger partial charge in [-0.3, -0.25) is 0 Å². The van der Waals surface area contributed by atoms with Crippen molar-refractivity contribution in [3.63, 3.8) is 0 Å². The van der Waals surface area contributed by atoms with E-state index in [1.807, 2.05) is 11.3 Å². The van der Waals surface area contributed by atoms with Crippen LogP contribution in [-0.4, -0.2) is 13.1 Å². The smallest absolute Gasteiger partial charge is 0.0285 e. The standard InChI is InChI=1S/C12H20BrNS/c1-3-5-11(14-2)6-4-7-12-8-10(13)9-15-12/h8-9,11,14H,3-7H2,1-2H3. The molecule has 0 aromatic carbocycles. The summed E-state index contributed by atoms with van der Waals surface area (Å²) in [5.74, 6) is 0. The lowest BCUT2D eigenvalue weighted by atomic mass is 10.0. The third-order valence-corrected chi connectivity index (χ3v) is 4.40. The van der Waals surface area contributed by atoms with Gasteiger partial charge in [0, 0.05) is 20.8 Å². The van der Waals surface area contributed by atoms with Gasteiger partial charge >= 0.3 is 0 Å². The zero-order chi connectivity index (χ0) is 11.1. The summed E-state index contributed by atoms with van der Waals surface area (Å²) in [4.78, 5) is 1.49. The van der Waals surface area contributed by atoms with Crippen molar-refractivity contribution in [1.82, 2.24) is 5.32 Å². The van der Waals surface area contributed by atoms with E-state index in [1.165, 1.54) is 41.5 Å². The van der Waals surface area contributed by atoms with Crippen molar-refractivity contribution in [1.29, 1.82) is 0 Å². The molecule has 0 fully saturated rings. The molecule has 3 heteroatoms. The molecule has 1 aromatic rings. The maximum atomic E-state index is 3.49. The first kappa shape index (κ1) is 13.2. The maximum Gasteiger partial charge on any atom is 0.0285 e. The maximum absolute atomic E-state index is 3.49. The molecule has 86 valence electrons. The van der Waals surface area contributed by atoms with E-state index < -0.39 is 0 Å². The number of rotatable bonds is 7. The van der Waals surface area contributed by atoms with E-state index >= 15 is 0 Å². The van der Waals surface area contributed by atoms with Gasteiger partial charge in [0.25, 0.3) is 0 Å². The van der Waals surface area contributed by atoms with Crippen LogP contribution in [0.3, 0.4) is 0 Å². The second-order valence-corrected chi connectivity index (χ2v) is 5.81. The first-order chi connectivity index (χ1) is 7.26. The fourth-order valence-corrected chi connectivity index (χ4v) is 3.29. The van der Waals surface area contributed by atoms with Crippen LogP contribution in [0.5, 0.6) is 0 Å². The van der Waals surface area contributed by atoms with Crippen molar-refractivity contribution in [2.45, 2.75) is 45.1 Å². The van der Waals surface area contributed by atoms with E-state index in [0.717, 1.165) is 0 Å². The summed E-state index contributed by atoms with van der Waals surface area (Å²) < 4.78 is 1.22. The minimum absolute atomic E-state index is 0.707. The number of halogens is 1. The van der Waals surface area contributed by atoms with E-state index in [4.69, 9.17) is 0 Å². The quantitative estimate of drug-likeness (QED) is 0.792. The van der Waals surface area contributed by atoms with Crippen LogP contribution in [0, 0.1) is 0 Å². The van der Waals surface area contributed by atoms with Crippen LogP contribution >= 0.6 is 27.3 Å². The molecule has 0 aliphatic carbocycles. The Morgan fingerprint density at radius 1 is 1.47 bits per heavy atom. The SMILES string of the molecule is CCCC(CCCc1cc(Br)cs1)NC. The highest BCUT2D eigenvalue weighted by molar-refractivity contribution is 9.10. The Labute approximate surface area is 105 Å². The van der Waals surface area contributed by atoms with E-state index in [9.17, 15) is 0 Å². The van der Waals surface area contributed by atoms with Gasteiger partial charge in [-0.05, 0) is 54.7 Å². The Morgan fingerprint density at radius 3 is 2.80 bits per heavy atom. The average molecular weight is 290 g/mol. The Balaban J connectivity index is 2.20. The third-order valence-electron chi connectivity index (χ3n) is 2.64. The zero-order valence-electron chi connectivity index (χ0n) is 9.55. The molecule has 1 rings (SSSR count). The minimum Gasteiger partial charge on any atom is -0.317 e. The van der Waals surface area contributed by atoms with Crippen LogP contribution in [0.2, 0.25) is 0 Å². The molecule has 1 atom stereocenters. The molecule has 0 bridgehead atoms. The number of nitrogens with one attached hydrogen (secondary N) is 1. The van der Waals surface area contributed by atoms with Crippen LogP contribution in [0.1, 0.15) is 37.5 Å². The molecule has 1 heterocycles. The van der Waals surface area contributed by atoms with Gasteiger partial charge in [0.1, 0.15) is 0 Å². The molecule has 0 aliphatic rings. The molecule has 15 heavy (non-hydrogen) atoms. The first-order valence-corrected chi connectivity index (χ1v) is 7.33. The molecule has 1 N–H and O–H groups in total. The lowest BCUT2D eigenvalue weighted by Crippen LogP contribution is -2.24. The molecular formula is C12H20BrNS. The summed E-state index contributed by atoms with van der Waals surface area (Å²) in [6, 6.07) is 2.94. The molecule has 0 amide bonds. The van der Waals surface area contributed by atoms with Crippen LogP contribution in [0.25, 0.3) is 0 Å². The van der Waals surface area contributed by atoms with Gasteiger partial charge in [-0.2, -0.15) is 0 Å². The van der Waals surface area contributed by atoms with E-state index in [0.29, 0.717) is 6.04 Å². The third kappa shape index (κ3) is 5.14. The predicted octanol–water partition coefficient (Wildman–Crippen LogP) is 4.22. The van der Waals surface area contributed by atoms with Gasteiger partial charge < -0.3 is 5.32 Å². The van der Waals surface area contributed by atoms with Crippen molar-refractivity contribution in [2.75, 3.05) is 7.05 Å². The Kier molecular flexibility index (Phi) is 6.53. The van der Waals surface area contributed by atoms with Crippen molar-refractivity contribution in [3.05, 3.63) is 20.8 Å². The molecule has 0 saturated carbocycles. The summed E-state index contributed by atoms with van der Waals surface area (Å²) in [6.45, 7) is 2.25. The number of aryl methyl sites for hydroxylation is 1. The summed E-state index contributed by atoms with van der Waals surface area (Å²) in [5, 5.41) is 5.55. The van der Waals surface area contributed by atoms with Gasteiger partial charge in [-0.15, -0.1) is 11.3 Å². The zero-order valence-corrected chi connectivity index (χ0v) is 12.0. The molecule has 0 spiro atoms. The fourth-order valence-electron chi connectivity index (χ4n) is 1.79. The monoisotopic (exact) mass is 289 g/mol. The number of hydrogen-bond acceptors (Lipinski definition) is 2. The fraction of sp³-hybridized carbons (Fsp3) is 0.667. The van der Waals surface area contributed by atoms with Crippen molar-refractivity contribution in [3.8, 4) is 0 Å². The molecular weight excluding hydrogens is 270 g/mol. The topological polar surface area (TPSA) is 12.0 Å². The van der Waals surface area contributed by atoms with E-state index in [-0.39, 0.29) is 0 Å². The van der Waals surface area contributed by atoms with Gasteiger partial charge in [0.15, 0.2) is 0 Å². The predicted molar refractivity (Wildman–Crippen MR) is 72.7 cm³/mol. The van der Waals surface area contributed by atoms with Crippen molar-refractivity contribution < 1.29 is 0 Å². The van der Waals surface area contributed by atoms with Crippen LogP contribution < -0.4 is 5.32 Å². The van der Waals surface area contributed by atoms with Crippen LogP contribution in [-0.2, 0) is 6.42 Å². The largest absolute Gasteiger partial charge is 0.317 e. The van der Waals surface area contributed by atoms with Crippen LogP contribution in [0.15, 0.2) is 15.9 Å². The molecule has 1 aromatic heterocycles. The minimum atomic E-state index is 0.707. The van der Waals surface area contributed by atoms with Gasteiger partial charge in [-0.25, -0.2) is 0 Å². The van der Waals surface area contributed by atoms with Gasteiger partial charge in [0.05, 0.1) is 0 Å².